The summed E-state index contributed by atoms with van der Waals surface area (Å²) >= 11 is 0. The number of aryl methyl sites for hydroxylation is 1. The van der Waals surface area contributed by atoms with Crippen LogP contribution in [0.2, 0.25) is 0 Å². The average molecular weight is 463 g/mol. The minimum Gasteiger partial charge on any atom is -0.507 e. The molecule has 6 nitrogen and oxygen atoms in total. The van der Waals surface area contributed by atoms with Crippen LogP contribution >= 0.6 is 0 Å². The molecule has 2 heterocycles. The number of aliphatic hydroxyl groups excluding tert-OH is 1. The van der Waals surface area contributed by atoms with Crippen LogP contribution in [0, 0.1) is 6.92 Å². The lowest BCUT2D eigenvalue weighted by atomic mass is 9.93. The largest absolute Gasteiger partial charge is 0.507 e. The molecule has 0 bridgehead atoms. The number of fused-ring (bicyclic) bond motifs is 2. The number of carbonyl (C=O) groups is 2. The summed E-state index contributed by atoms with van der Waals surface area (Å²) in [4.78, 5) is 28.2. The molecule has 35 heavy (non-hydrogen) atoms. The number of anilines is 1. The summed E-state index contributed by atoms with van der Waals surface area (Å²) in [5.74, 6) is -0.572. The highest BCUT2D eigenvalue weighted by molar-refractivity contribution is 6.51. The first-order chi connectivity index (χ1) is 17.0. The first kappa shape index (κ1) is 21.0. The SMILES string of the molecule is Cc1cccc(C2/C(=C(/O)c3ccc4ccccc4c3)C(=O)C(=O)N2c2ccc3c(c2)OCO3)c1. The number of ketones is 1. The first-order valence-corrected chi connectivity index (χ1v) is 11.3. The molecule has 1 saturated heterocycles. The van der Waals surface area contributed by atoms with Gasteiger partial charge in [0.1, 0.15) is 5.76 Å². The van der Waals surface area contributed by atoms with Crippen molar-refractivity contribution < 1.29 is 24.2 Å². The number of ether oxygens (including phenoxy) is 2. The summed E-state index contributed by atoms with van der Waals surface area (Å²) in [6.45, 7) is 2.04. The van der Waals surface area contributed by atoms with Crippen molar-refractivity contribution in [1.82, 2.24) is 0 Å². The Kier molecular flexibility index (Phi) is 4.81. The third-order valence-electron chi connectivity index (χ3n) is 6.46. The van der Waals surface area contributed by atoms with E-state index in [-0.39, 0.29) is 18.1 Å². The zero-order valence-electron chi connectivity index (χ0n) is 18.9. The molecule has 0 aromatic heterocycles. The maximum absolute atomic E-state index is 13.4. The Bertz CT molecular complexity index is 1550. The molecule has 2 aliphatic heterocycles. The maximum atomic E-state index is 13.4. The van der Waals surface area contributed by atoms with Gasteiger partial charge >= 0.3 is 0 Å². The van der Waals surface area contributed by atoms with E-state index in [1.807, 2.05) is 67.6 Å². The lowest BCUT2D eigenvalue weighted by molar-refractivity contribution is -0.132. The number of amides is 1. The van der Waals surface area contributed by atoms with Gasteiger partial charge in [-0.25, -0.2) is 0 Å². The summed E-state index contributed by atoms with van der Waals surface area (Å²) in [5.41, 5.74) is 2.72. The second-order valence-electron chi connectivity index (χ2n) is 8.68. The summed E-state index contributed by atoms with van der Waals surface area (Å²) in [7, 11) is 0. The Balaban J connectivity index is 1.56. The van der Waals surface area contributed by atoms with Crippen molar-refractivity contribution in [3.8, 4) is 11.5 Å². The highest BCUT2D eigenvalue weighted by atomic mass is 16.7. The van der Waals surface area contributed by atoms with Gasteiger partial charge in [-0.15, -0.1) is 0 Å². The van der Waals surface area contributed by atoms with E-state index in [0.29, 0.717) is 22.7 Å². The minimum absolute atomic E-state index is 0.0496. The van der Waals surface area contributed by atoms with Crippen LogP contribution in [0.3, 0.4) is 0 Å². The molecule has 1 atom stereocenters. The third-order valence-corrected chi connectivity index (χ3v) is 6.46. The van der Waals surface area contributed by atoms with Crippen molar-refractivity contribution in [2.24, 2.45) is 0 Å². The van der Waals surface area contributed by atoms with Gasteiger partial charge in [-0.05, 0) is 41.5 Å². The standard InChI is InChI=1S/C29H21NO5/c1-17-5-4-8-20(13-17)26-25(27(31)21-10-9-18-6-2-3-7-19(18)14-21)28(32)29(33)30(26)22-11-12-23-24(15-22)35-16-34-23/h2-15,26,31H,16H2,1H3/b27-25-. The Morgan fingerprint density at radius 3 is 2.49 bits per heavy atom. The molecule has 0 saturated carbocycles. The average Bonchev–Trinajstić information content (AvgIpc) is 3.45. The summed E-state index contributed by atoms with van der Waals surface area (Å²) in [6, 6.07) is 25.2. The quantitative estimate of drug-likeness (QED) is 0.247. The van der Waals surface area contributed by atoms with Crippen LogP contribution in [0.4, 0.5) is 5.69 Å². The predicted octanol–water partition coefficient (Wildman–Crippen LogP) is 5.50. The number of nitrogens with zero attached hydrogens (tertiary/aromatic N) is 1. The molecule has 1 fully saturated rings. The molecule has 1 amide bonds. The van der Waals surface area contributed by atoms with Crippen molar-refractivity contribution in [2.75, 3.05) is 11.7 Å². The summed E-state index contributed by atoms with van der Waals surface area (Å²) < 4.78 is 10.9. The lowest BCUT2D eigenvalue weighted by Gasteiger charge is -2.26. The van der Waals surface area contributed by atoms with Gasteiger partial charge in [-0.1, -0.05) is 66.2 Å². The molecule has 0 spiro atoms. The third kappa shape index (κ3) is 3.42. The highest BCUT2D eigenvalue weighted by Crippen LogP contribution is 2.45. The van der Waals surface area contributed by atoms with Gasteiger partial charge in [0.25, 0.3) is 11.7 Å². The van der Waals surface area contributed by atoms with Crippen molar-refractivity contribution in [2.45, 2.75) is 13.0 Å². The summed E-state index contributed by atoms with van der Waals surface area (Å²) in [5, 5.41) is 13.4. The molecule has 172 valence electrons. The monoisotopic (exact) mass is 463 g/mol. The number of rotatable bonds is 3. The Morgan fingerprint density at radius 2 is 1.66 bits per heavy atom. The Labute approximate surface area is 201 Å². The van der Waals surface area contributed by atoms with Gasteiger partial charge in [0, 0.05) is 17.3 Å². The zero-order valence-corrected chi connectivity index (χ0v) is 18.9. The number of hydrogen-bond donors (Lipinski definition) is 1. The van der Waals surface area contributed by atoms with Crippen molar-refractivity contribution in [3.05, 3.63) is 107 Å². The summed E-state index contributed by atoms with van der Waals surface area (Å²) in [6.07, 6.45) is 0. The van der Waals surface area contributed by atoms with Crippen LogP contribution in [-0.4, -0.2) is 23.6 Å². The normalized spacial score (nSPS) is 18.4. The number of aliphatic hydroxyl groups is 1. The van der Waals surface area contributed by atoms with Gasteiger partial charge in [0.05, 0.1) is 11.6 Å². The lowest BCUT2D eigenvalue weighted by Crippen LogP contribution is -2.29. The van der Waals surface area contributed by atoms with E-state index in [9.17, 15) is 14.7 Å². The van der Waals surface area contributed by atoms with E-state index in [4.69, 9.17) is 9.47 Å². The van der Waals surface area contributed by atoms with E-state index in [2.05, 4.69) is 0 Å². The van der Waals surface area contributed by atoms with Crippen molar-refractivity contribution in [1.29, 1.82) is 0 Å². The molecule has 1 N–H and O–H groups in total. The van der Waals surface area contributed by atoms with Crippen LogP contribution < -0.4 is 14.4 Å². The fourth-order valence-electron chi connectivity index (χ4n) is 4.78. The molecular formula is C29H21NO5. The van der Waals surface area contributed by atoms with E-state index >= 15 is 0 Å². The van der Waals surface area contributed by atoms with Gasteiger partial charge in [0.15, 0.2) is 11.5 Å². The topological polar surface area (TPSA) is 76.1 Å². The zero-order chi connectivity index (χ0) is 24.1. The maximum Gasteiger partial charge on any atom is 0.300 e. The molecule has 2 aliphatic rings. The van der Waals surface area contributed by atoms with Crippen molar-refractivity contribution >= 4 is 33.9 Å². The van der Waals surface area contributed by atoms with Gasteiger partial charge in [-0.3, -0.25) is 14.5 Å². The molecule has 0 aliphatic carbocycles. The van der Waals surface area contributed by atoms with Gasteiger partial charge in [-0.2, -0.15) is 0 Å². The van der Waals surface area contributed by atoms with Crippen LogP contribution in [0.15, 0.2) is 90.5 Å². The van der Waals surface area contributed by atoms with E-state index in [0.717, 1.165) is 21.9 Å². The predicted molar refractivity (Wildman–Crippen MR) is 132 cm³/mol. The number of Topliss-reactive ketones (excluding diaryl/α,β-unsaturated/α-hetero) is 1. The van der Waals surface area contributed by atoms with Crippen LogP contribution in [0.25, 0.3) is 16.5 Å². The smallest absolute Gasteiger partial charge is 0.300 e. The minimum atomic E-state index is -0.804. The molecule has 6 heteroatoms. The molecule has 4 aromatic carbocycles. The molecule has 6 rings (SSSR count). The molecule has 4 aromatic rings. The fourth-order valence-corrected chi connectivity index (χ4v) is 4.78. The Hall–Kier alpha value is -4.58. The van der Waals surface area contributed by atoms with Crippen molar-refractivity contribution in [3.63, 3.8) is 0 Å². The van der Waals surface area contributed by atoms with Crippen LogP contribution in [0.5, 0.6) is 11.5 Å². The van der Waals surface area contributed by atoms with Crippen LogP contribution in [0.1, 0.15) is 22.7 Å². The van der Waals surface area contributed by atoms with E-state index in [1.54, 1.807) is 24.3 Å². The van der Waals surface area contributed by atoms with E-state index in [1.165, 1.54) is 4.90 Å². The van der Waals surface area contributed by atoms with Gasteiger partial charge in [0.2, 0.25) is 6.79 Å². The molecule has 0 radical (unpaired) electrons. The Morgan fingerprint density at radius 1 is 0.857 bits per heavy atom. The fraction of sp³-hybridized carbons (Fsp3) is 0.103. The number of hydrogen-bond acceptors (Lipinski definition) is 5. The number of benzene rings is 4. The second-order valence-corrected chi connectivity index (χ2v) is 8.68. The van der Waals surface area contributed by atoms with E-state index < -0.39 is 17.7 Å². The van der Waals surface area contributed by atoms with Crippen LogP contribution in [-0.2, 0) is 9.59 Å². The highest BCUT2D eigenvalue weighted by Gasteiger charge is 2.47. The van der Waals surface area contributed by atoms with Gasteiger partial charge < -0.3 is 14.6 Å². The molecule has 1 unspecified atom stereocenters. The number of carbonyl (C=O) groups excluding carboxylic acids is 2. The second kappa shape index (κ2) is 8.02. The molecular weight excluding hydrogens is 442 g/mol. The first-order valence-electron chi connectivity index (χ1n) is 11.3.